The number of esters is 1. The average molecular weight is 449 g/mol. The standard InChI is InChI=1S/C22H32N4O4S/c1-7-23-22(24-13-14(3)30-18-12-10-9-11-17(18)28-6)26-16(5)20-25-15(4)19(31-20)21(27)29-8-2/h9-12,14,16H,7-8,13H2,1-6H3,(H2,23,24,26). The minimum atomic E-state index is -0.334. The largest absolute Gasteiger partial charge is 0.493 e. The highest BCUT2D eigenvalue weighted by atomic mass is 32.1. The Hall–Kier alpha value is -2.81. The van der Waals surface area contributed by atoms with Gasteiger partial charge in [-0.25, -0.2) is 14.8 Å². The normalized spacial score (nSPS) is 13.3. The Balaban J connectivity index is 2.03. The first kappa shape index (κ1) is 24.5. The number of nitrogens with zero attached hydrogens (tertiary/aromatic N) is 2. The summed E-state index contributed by atoms with van der Waals surface area (Å²) in [6.07, 6.45) is -0.153. The van der Waals surface area contributed by atoms with Gasteiger partial charge >= 0.3 is 5.97 Å². The number of aliphatic imine (C=N–C) groups is 1. The lowest BCUT2D eigenvalue weighted by Crippen LogP contribution is -2.39. The zero-order chi connectivity index (χ0) is 22.8. The first-order valence-corrected chi connectivity index (χ1v) is 11.2. The molecule has 0 aliphatic heterocycles. The second-order valence-electron chi connectivity index (χ2n) is 6.85. The molecule has 0 radical (unpaired) electrons. The molecule has 0 aliphatic rings. The van der Waals surface area contributed by atoms with Crippen LogP contribution in [0.1, 0.15) is 54.1 Å². The van der Waals surface area contributed by atoms with Crippen LogP contribution in [-0.2, 0) is 4.74 Å². The maximum absolute atomic E-state index is 12.1. The van der Waals surface area contributed by atoms with E-state index in [9.17, 15) is 4.79 Å². The molecule has 0 fully saturated rings. The Bertz CT molecular complexity index is 884. The molecular weight excluding hydrogens is 416 g/mol. The van der Waals surface area contributed by atoms with E-state index in [1.54, 1.807) is 14.0 Å². The lowest BCUT2D eigenvalue weighted by molar-refractivity contribution is 0.0531. The molecule has 1 aromatic heterocycles. The Kier molecular flexibility index (Phi) is 9.58. The van der Waals surface area contributed by atoms with Crippen molar-refractivity contribution in [2.45, 2.75) is 46.8 Å². The Morgan fingerprint density at radius 1 is 1.23 bits per heavy atom. The predicted octanol–water partition coefficient (Wildman–Crippen LogP) is 3.72. The van der Waals surface area contributed by atoms with Crippen molar-refractivity contribution >= 4 is 23.3 Å². The SMILES string of the molecule is CCNC(=NCC(C)Oc1ccccc1OC)NC(C)c1nc(C)c(C(=O)OCC)s1. The summed E-state index contributed by atoms with van der Waals surface area (Å²) >= 11 is 1.34. The molecule has 2 rings (SSSR count). The van der Waals surface area contributed by atoms with Gasteiger partial charge in [-0.3, -0.25) is 0 Å². The van der Waals surface area contributed by atoms with Crippen LogP contribution in [0.2, 0.25) is 0 Å². The molecule has 0 spiro atoms. The number of carbonyl (C=O) groups is 1. The molecule has 2 aromatic rings. The van der Waals surface area contributed by atoms with Crippen molar-refractivity contribution in [1.82, 2.24) is 15.6 Å². The third-order valence-corrected chi connectivity index (χ3v) is 5.57. The van der Waals surface area contributed by atoms with E-state index < -0.39 is 0 Å². The quantitative estimate of drug-likeness (QED) is 0.325. The highest BCUT2D eigenvalue weighted by molar-refractivity contribution is 7.13. The van der Waals surface area contributed by atoms with E-state index in [-0.39, 0.29) is 18.1 Å². The van der Waals surface area contributed by atoms with E-state index in [0.29, 0.717) is 47.7 Å². The van der Waals surface area contributed by atoms with Gasteiger partial charge in [-0.2, -0.15) is 0 Å². The fraction of sp³-hybridized carbons (Fsp3) is 0.500. The summed E-state index contributed by atoms with van der Waals surface area (Å²) in [5.74, 6) is 1.69. The molecule has 0 saturated heterocycles. The highest BCUT2D eigenvalue weighted by Gasteiger charge is 2.20. The molecule has 0 amide bonds. The molecular formula is C22H32N4O4S. The summed E-state index contributed by atoms with van der Waals surface area (Å²) in [5.41, 5.74) is 0.674. The van der Waals surface area contributed by atoms with E-state index in [4.69, 9.17) is 14.2 Å². The van der Waals surface area contributed by atoms with Crippen molar-refractivity contribution < 1.29 is 19.0 Å². The van der Waals surface area contributed by atoms with Crippen LogP contribution < -0.4 is 20.1 Å². The summed E-state index contributed by atoms with van der Waals surface area (Å²) < 4.78 is 16.4. The van der Waals surface area contributed by atoms with Crippen molar-refractivity contribution in [3.05, 3.63) is 39.8 Å². The second-order valence-corrected chi connectivity index (χ2v) is 7.88. The topological polar surface area (TPSA) is 94.1 Å². The number of ether oxygens (including phenoxy) is 3. The minimum absolute atomic E-state index is 0.130. The zero-order valence-corrected chi connectivity index (χ0v) is 19.8. The van der Waals surface area contributed by atoms with Crippen molar-refractivity contribution in [1.29, 1.82) is 0 Å². The molecule has 2 N–H and O–H groups in total. The Morgan fingerprint density at radius 2 is 1.94 bits per heavy atom. The number of rotatable bonds is 10. The van der Waals surface area contributed by atoms with Crippen molar-refractivity contribution in [2.75, 3.05) is 26.8 Å². The summed E-state index contributed by atoms with van der Waals surface area (Å²) in [6, 6.07) is 7.41. The van der Waals surface area contributed by atoms with E-state index >= 15 is 0 Å². The fourth-order valence-corrected chi connectivity index (χ4v) is 3.73. The van der Waals surface area contributed by atoms with Gasteiger partial charge in [0, 0.05) is 6.54 Å². The number of hydrogen-bond acceptors (Lipinski definition) is 7. The van der Waals surface area contributed by atoms with Gasteiger partial charge in [0.1, 0.15) is 16.0 Å². The molecule has 2 atom stereocenters. The van der Waals surface area contributed by atoms with Crippen LogP contribution in [0.15, 0.2) is 29.3 Å². The van der Waals surface area contributed by atoms with Crippen LogP contribution in [0.25, 0.3) is 0 Å². The lowest BCUT2D eigenvalue weighted by atomic mass is 10.3. The molecule has 0 saturated carbocycles. The smallest absolute Gasteiger partial charge is 0.350 e. The highest BCUT2D eigenvalue weighted by Crippen LogP contribution is 2.27. The van der Waals surface area contributed by atoms with Gasteiger partial charge in [0.15, 0.2) is 17.5 Å². The summed E-state index contributed by atoms with van der Waals surface area (Å²) in [7, 11) is 1.62. The maximum atomic E-state index is 12.1. The first-order chi connectivity index (χ1) is 14.9. The molecule has 170 valence electrons. The van der Waals surface area contributed by atoms with E-state index in [2.05, 4.69) is 20.6 Å². The molecule has 9 heteroatoms. The lowest BCUT2D eigenvalue weighted by Gasteiger charge is -2.18. The van der Waals surface area contributed by atoms with Crippen molar-refractivity contribution in [3.63, 3.8) is 0 Å². The van der Waals surface area contributed by atoms with Gasteiger partial charge in [-0.05, 0) is 46.8 Å². The molecule has 1 aromatic carbocycles. The van der Waals surface area contributed by atoms with Crippen LogP contribution in [0.3, 0.4) is 0 Å². The summed E-state index contributed by atoms with van der Waals surface area (Å²) in [5, 5.41) is 7.37. The number of benzene rings is 1. The molecule has 0 bridgehead atoms. The van der Waals surface area contributed by atoms with E-state index in [1.807, 2.05) is 52.0 Å². The monoisotopic (exact) mass is 448 g/mol. The molecule has 2 unspecified atom stereocenters. The molecule has 8 nitrogen and oxygen atoms in total. The van der Waals surface area contributed by atoms with Gasteiger partial charge in [-0.1, -0.05) is 12.1 Å². The molecule has 0 aliphatic carbocycles. The van der Waals surface area contributed by atoms with Crippen LogP contribution in [0, 0.1) is 6.92 Å². The van der Waals surface area contributed by atoms with Crippen molar-refractivity contribution in [2.24, 2.45) is 4.99 Å². The van der Waals surface area contributed by atoms with Crippen LogP contribution in [0.4, 0.5) is 0 Å². The third-order valence-electron chi connectivity index (χ3n) is 4.25. The number of aromatic nitrogens is 1. The zero-order valence-electron chi connectivity index (χ0n) is 19.0. The fourth-order valence-electron chi connectivity index (χ4n) is 2.77. The number of thiazole rings is 1. The summed E-state index contributed by atoms with van der Waals surface area (Å²) in [6.45, 7) is 11.0. The van der Waals surface area contributed by atoms with Gasteiger partial charge in [-0.15, -0.1) is 11.3 Å². The van der Waals surface area contributed by atoms with Crippen LogP contribution in [-0.4, -0.2) is 49.8 Å². The van der Waals surface area contributed by atoms with E-state index in [0.717, 1.165) is 5.01 Å². The average Bonchev–Trinajstić information content (AvgIpc) is 3.14. The van der Waals surface area contributed by atoms with Crippen molar-refractivity contribution in [3.8, 4) is 11.5 Å². The number of carbonyl (C=O) groups excluding carboxylic acids is 1. The van der Waals surface area contributed by atoms with Gasteiger partial charge < -0.3 is 24.8 Å². The number of hydrogen-bond donors (Lipinski definition) is 2. The number of para-hydroxylation sites is 2. The summed E-state index contributed by atoms with van der Waals surface area (Å²) in [4.78, 5) is 21.8. The van der Waals surface area contributed by atoms with Gasteiger partial charge in [0.05, 0.1) is 32.0 Å². The predicted molar refractivity (Wildman–Crippen MR) is 123 cm³/mol. The Morgan fingerprint density at radius 3 is 2.58 bits per heavy atom. The number of nitrogens with one attached hydrogen (secondary N) is 2. The maximum Gasteiger partial charge on any atom is 0.350 e. The number of guanidine groups is 1. The van der Waals surface area contributed by atoms with E-state index in [1.165, 1.54) is 11.3 Å². The van der Waals surface area contributed by atoms with Crippen LogP contribution >= 0.6 is 11.3 Å². The second kappa shape index (κ2) is 12.1. The number of aryl methyl sites for hydroxylation is 1. The Labute approximate surface area is 188 Å². The minimum Gasteiger partial charge on any atom is -0.493 e. The number of methoxy groups -OCH3 is 1. The van der Waals surface area contributed by atoms with Crippen LogP contribution in [0.5, 0.6) is 11.5 Å². The molecule has 1 heterocycles. The first-order valence-electron chi connectivity index (χ1n) is 10.4. The van der Waals surface area contributed by atoms with Gasteiger partial charge in [0.2, 0.25) is 0 Å². The molecule has 31 heavy (non-hydrogen) atoms. The third kappa shape index (κ3) is 7.13. The van der Waals surface area contributed by atoms with Gasteiger partial charge in [0.25, 0.3) is 0 Å².